The first-order valence-corrected chi connectivity index (χ1v) is 8.11. The average Bonchev–Trinajstić information content (AvgIpc) is 2.65. The maximum atomic E-state index is 12.7. The first-order valence-electron chi connectivity index (χ1n) is 8.11. The van der Waals surface area contributed by atoms with Gasteiger partial charge in [0.25, 0.3) is 0 Å². The van der Waals surface area contributed by atoms with E-state index in [1.54, 1.807) is 0 Å². The summed E-state index contributed by atoms with van der Waals surface area (Å²) in [6, 6.07) is 8.08. The van der Waals surface area contributed by atoms with E-state index in [0.29, 0.717) is 5.56 Å². The minimum atomic E-state index is -0.765. The van der Waals surface area contributed by atoms with Crippen molar-refractivity contribution in [1.29, 1.82) is 0 Å². The van der Waals surface area contributed by atoms with Crippen molar-refractivity contribution in [1.82, 2.24) is 0 Å². The molecule has 8 heteroatoms. The largest absolute Gasteiger partial charge is 0.508 e. The second-order valence-electron chi connectivity index (χ2n) is 6.02. The predicted octanol–water partition coefficient (Wildman–Crippen LogP) is 1.56. The van der Waals surface area contributed by atoms with Crippen LogP contribution in [0.3, 0.4) is 0 Å². The molecule has 2 aromatic carbocycles. The summed E-state index contributed by atoms with van der Waals surface area (Å²) in [4.78, 5) is 12.7. The van der Waals surface area contributed by atoms with Crippen molar-refractivity contribution in [3.63, 3.8) is 0 Å². The summed E-state index contributed by atoms with van der Waals surface area (Å²) < 4.78 is 11.1. The molecule has 142 valence electrons. The van der Waals surface area contributed by atoms with Gasteiger partial charge in [-0.05, 0) is 24.3 Å². The smallest absolute Gasteiger partial charge is 0.238 e. The number of aromatic hydroxyl groups is 3. The summed E-state index contributed by atoms with van der Waals surface area (Å²) in [7, 11) is 0. The Bertz CT molecular complexity index is 1000. The fourth-order valence-corrected chi connectivity index (χ4v) is 2.55. The summed E-state index contributed by atoms with van der Waals surface area (Å²) in [5.74, 6) is -1.60. The van der Waals surface area contributed by atoms with Crippen LogP contribution in [0.4, 0.5) is 0 Å². The van der Waals surface area contributed by atoms with E-state index < -0.39 is 17.1 Å². The number of fused-ring (bicyclic) bond motifs is 1. The number of benzene rings is 2. The highest BCUT2D eigenvalue weighted by Gasteiger charge is 2.20. The Morgan fingerprint density at radius 2 is 1.63 bits per heavy atom. The van der Waals surface area contributed by atoms with Crippen LogP contribution in [0, 0.1) is 5.92 Å². The van der Waals surface area contributed by atoms with Crippen molar-refractivity contribution >= 4 is 11.0 Å². The topological polar surface area (TPSA) is 141 Å². The van der Waals surface area contributed by atoms with Gasteiger partial charge in [-0.25, -0.2) is 0 Å². The molecule has 0 bridgehead atoms. The van der Waals surface area contributed by atoms with Gasteiger partial charge in [0, 0.05) is 23.6 Å². The fourth-order valence-electron chi connectivity index (χ4n) is 2.55. The van der Waals surface area contributed by atoms with Crippen LogP contribution in [-0.4, -0.2) is 45.4 Å². The number of aliphatic hydroxyl groups is 2. The number of rotatable bonds is 6. The summed E-state index contributed by atoms with van der Waals surface area (Å²) in [6.07, 6.45) is 0. The Morgan fingerprint density at radius 1 is 0.963 bits per heavy atom. The molecular formula is C19H18O8. The first kappa shape index (κ1) is 18.6. The highest BCUT2D eigenvalue weighted by atomic mass is 16.5. The van der Waals surface area contributed by atoms with Gasteiger partial charge < -0.3 is 34.7 Å². The molecule has 0 amide bonds. The van der Waals surface area contributed by atoms with E-state index >= 15 is 0 Å². The van der Waals surface area contributed by atoms with Crippen molar-refractivity contribution in [3.8, 4) is 34.3 Å². The fraction of sp³-hybridized carbons (Fsp3) is 0.211. The molecule has 3 aromatic rings. The Morgan fingerprint density at radius 3 is 2.26 bits per heavy atom. The molecule has 0 fully saturated rings. The summed E-state index contributed by atoms with van der Waals surface area (Å²) >= 11 is 0. The zero-order valence-corrected chi connectivity index (χ0v) is 14.1. The lowest BCUT2D eigenvalue weighted by molar-refractivity contribution is 0.106. The van der Waals surface area contributed by atoms with Gasteiger partial charge in [0.2, 0.25) is 11.2 Å². The third-order valence-electron chi connectivity index (χ3n) is 4.04. The molecule has 1 heterocycles. The van der Waals surface area contributed by atoms with Crippen molar-refractivity contribution < 1.29 is 34.7 Å². The molecule has 0 saturated carbocycles. The third-order valence-corrected chi connectivity index (χ3v) is 4.04. The molecular weight excluding hydrogens is 356 g/mol. The lowest BCUT2D eigenvalue weighted by Crippen LogP contribution is -2.20. The van der Waals surface area contributed by atoms with Gasteiger partial charge >= 0.3 is 0 Å². The molecule has 1 aromatic heterocycles. The van der Waals surface area contributed by atoms with E-state index in [1.807, 2.05) is 0 Å². The van der Waals surface area contributed by atoms with Crippen molar-refractivity contribution in [2.24, 2.45) is 5.92 Å². The maximum absolute atomic E-state index is 12.7. The molecule has 5 N–H and O–H groups in total. The first-order chi connectivity index (χ1) is 12.9. The van der Waals surface area contributed by atoms with Crippen LogP contribution in [0.5, 0.6) is 23.0 Å². The van der Waals surface area contributed by atoms with E-state index in [0.717, 1.165) is 0 Å². The van der Waals surface area contributed by atoms with E-state index in [-0.39, 0.29) is 53.8 Å². The number of ether oxygens (including phenoxy) is 1. The van der Waals surface area contributed by atoms with Gasteiger partial charge in [-0.1, -0.05) is 0 Å². The standard InChI is InChI=1S/C19H18O8/c20-7-10(8-21)9-26-14-5-13(23)6-15-16(14)17(24)18(25)19(27-15)11-1-3-12(22)4-2-11/h1-6,10,20-23,25H,7-9H2. The Labute approximate surface area is 153 Å². The normalized spacial score (nSPS) is 11.2. The Hall–Kier alpha value is -3.23. The molecule has 3 rings (SSSR count). The number of hydrogen-bond acceptors (Lipinski definition) is 8. The van der Waals surface area contributed by atoms with Crippen LogP contribution < -0.4 is 10.2 Å². The molecule has 8 nitrogen and oxygen atoms in total. The van der Waals surface area contributed by atoms with Crippen LogP contribution in [0.15, 0.2) is 45.6 Å². The minimum absolute atomic E-state index is 0.0111. The van der Waals surface area contributed by atoms with Gasteiger partial charge in [-0.3, -0.25) is 4.79 Å². The zero-order chi connectivity index (χ0) is 19.6. The van der Waals surface area contributed by atoms with Gasteiger partial charge in [-0.2, -0.15) is 0 Å². The molecule has 0 spiro atoms. The zero-order valence-electron chi connectivity index (χ0n) is 14.1. The van der Waals surface area contributed by atoms with E-state index in [4.69, 9.17) is 19.4 Å². The summed E-state index contributed by atoms with van der Waals surface area (Å²) in [6.45, 7) is -0.748. The molecule has 0 aliphatic carbocycles. The van der Waals surface area contributed by atoms with Crippen molar-refractivity contribution in [3.05, 3.63) is 46.6 Å². The highest BCUT2D eigenvalue weighted by Crippen LogP contribution is 2.36. The molecule has 0 unspecified atom stereocenters. The second-order valence-corrected chi connectivity index (χ2v) is 6.02. The highest BCUT2D eigenvalue weighted by molar-refractivity contribution is 5.88. The lowest BCUT2D eigenvalue weighted by atomic mass is 10.1. The SMILES string of the molecule is O=c1c(O)c(-c2ccc(O)cc2)oc2cc(O)cc(OCC(CO)CO)c12. The molecule has 0 aliphatic heterocycles. The number of phenolic OH excluding ortho intramolecular Hbond substituents is 2. The molecule has 0 aliphatic rings. The molecule has 0 atom stereocenters. The van der Waals surface area contributed by atoms with Gasteiger partial charge in [0.15, 0.2) is 5.76 Å². The van der Waals surface area contributed by atoms with Gasteiger partial charge in [-0.15, -0.1) is 0 Å². The third kappa shape index (κ3) is 3.67. The second kappa shape index (κ2) is 7.56. The van der Waals surface area contributed by atoms with E-state index in [1.165, 1.54) is 36.4 Å². The number of hydrogen-bond donors (Lipinski definition) is 5. The lowest BCUT2D eigenvalue weighted by Gasteiger charge is -2.15. The quantitative estimate of drug-likeness (QED) is 0.438. The molecule has 0 saturated heterocycles. The maximum Gasteiger partial charge on any atom is 0.238 e. The Balaban J connectivity index is 2.13. The van der Waals surface area contributed by atoms with E-state index in [9.17, 15) is 20.1 Å². The van der Waals surface area contributed by atoms with Crippen LogP contribution >= 0.6 is 0 Å². The molecule has 27 heavy (non-hydrogen) atoms. The summed E-state index contributed by atoms with van der Waals surface area (Å²) in [5, 5.41) is 47.8. The number of aliphatic hydroxyl groups excluding tert-OH is 2. The van der Waals surface area contributed by atoms with Crippen LogP contribution in [0.2, 0.25) is 0 Å². The van der Waals surface area contributed by atoms with Crippen molar-refractivity contribution in [2.45, 2.75) is 0 Å². The molecule has 0 radical (unpaired) electrons. The van der Waals surface area contributed by atoms with Gasteiger partial charge in [0.05, 0.1) is 19.8 Å². The predicted molar refractivity (Wildman–Crippen MR) is 96.1 cm³/mol. The van der Waals surface area contributed by atoms with Crippen molar-refractivity contribution in [2.75, 3.05) is 19.8 Å². The average molecular weight is 374 g/mol. The minimum Gasteiger partial charge on any atom is -0.508 e. The van der Waals surface area contributed by atoms with Crippen LogP contribution in [0.1, 0.15) is 0 Å². The van der Waals surface area contributed by atoms with Crippen LogP contribution in [0.25, 0.3) is 22.3 Å². The van der Waals surface area contributed by atoms with Crippen LogP contribution in [-0.2, 0) is 0 Å². The number of phenols is 2. The summed E-state index contributed by atoms with van der Waals surface area (Å²) in [5.41, 5.74) is -0.421. The monoisotopic (exact) mass is 374 g/mol. The van der Waals surface area contributed by atoms with Gasteiger partial charge in [0.1, 0.15) is 28.2 Å². The van der Waals surface area contributed by atoms with E-state index in [2.05, 4.69) is 0 Å². The Kier molecular flexibility index (Phi) is 5.20.